The maximum atomic E-state index is 14.5. The van der Waals surface area contributed by atoms with Crippen LogP contribution in [0.4, 0.5) is 5.69 Å². The minimum absolute atomic E-state index is 0.142. The van der Waals surface area contributed by atoms with Crippen molar-refractivity contribution in [2.45, 2.75) is 46.5 Å². The van der Waals surface area contributed by atoms with Crippen LogP contribution in [-0.2, 0) is 0 Å². The smallest absolute Gasteiger partial charge is 0.266 e. The van der Waals surface area contributed by atoms with Gasteiger partial charge in [0.05, 0.1) is 5.69 Å². The summed E-state index contributed by atoms with van der Waals surface area (Å²) in [6.07, 6.45) is 0. The largest absolute Gasteiger partial charge is 0.268 e. The summed E-state index contributed by atoms with van der Waals surface area (Å²) in [5.41, 5.74) is 6.66. The van der Waals surface area contributed by atoms with E-state index in [4.69, 9.17) is 0 Å². The molecule has 3 heteroatoms. The summed E-state index contributed by atoms with van der Waals surface area (Å²) < 4.78 is 0. The van der Waals surface area contributed by atoms with Crippen LogP contribution >= 0.6 is 0 Å². The van der Waals surface area contributed by atoms with Crippen LogP contribution in [0.2, 0.25) is 0 Å². The number of para-hydroxylation sites is 1. The van der Waals surface area contributed by atoms with E-state index in [2.05, 4.69) is 93.8 Å². The van der Waals surface area contributed by atoms with E-state index in [9.17, 15) is 9.59 Å². The van der Waals surface area contributed by atoms with Gasteiger partial charge in [-0.05, 0) is 104 Å². The van der Waals surface area contributed by atoms with Crippen LogP contribution in [-0.4, -0.2) is 11.8 Å². The Labute approximate surface area is 280 Å². The Balaban J connectivity index is 1.35. The molecule has 0 aromatic heterocycles. The lowest BCUT2D eigenvalue weighted by atomic mass is 9.83. The third-order valence-electron chi connectivity index (χ3n) is 9.69. The van der Waals surface area contributed by atoms with Gasteiger partial charge in [-0.25, -0.2) is 4.90 Å². The van der Waals surface area contributed by atoms with Crippen molar-refractivity contribution in [3.05, 3.63) is 136 Å². The first-order valence-corrected chi connectivity index (χ1v) is 16.5. The molecule has 0 unspecified atom stereocenters. The van der Waals surface area contributed by atoms with Gasteiger partial charge < -0.3 is 0 Å². The summed E-state index contributed by atoms with van der Waals surface area (Å²) in [6, 6.07) is 32.6. The number of carbonyl (C=O) groups is 2. The molecule has 8 rings (SSSR count). The van der Waals surface area contributed by atoms with Crippen molar-refractivity contribution in [3.63, 3.8) is 0 Å². The summed E-state index contributed by atoms with van der Waals surface area (Å²) in [5, 5.41) is 8.12. The third-order valence-corrected chi connectivity index (χ3v) is 9.69. The lowest BCUT2D eigenvalue weighted by molar-refractivity contribution is 0.0893. The van der Waals surface area contributed by atoms with E-state index >= 15 is 0 Å². The zero-order valence-electron chi connectivity index (χ0n) is 27.7. The molecule has 0 bridgehead atoms. The Bertz CT molecular complexity index is 2540. The van der Waals surface area contributed by atoms with Gasteiger partial charge in [-0.2, -0.15) is 0 Å². The quantitative estimate of drug-likeness (QED) is 0.0854. The van der Waals surface area contributed by atoms with Crippen molar-refractivity contribution in [1.29, 1.82) is 0 Å². The number of anilines is 1. The van der Waals surface area contributed by atoms with E-state index in [1.165, 1.54) is 4.90 Å². The van der Waals surface area contributed by atoms with Crippen LogP contribution in [0.25, 0.3) is 43.1 Å². The molecule has 0 atom stereocenters. The highest BCUT2D eigenvalue weighted by molar-refractivity contribution is 6.42. The molecule has 2 amide bonds. The molecule has 0 saturated carbocycles. The summed E-state index contributed by atoms with van der Waals surface area (Å²) in [6.45, 7) is 10.3. The Morgan fingerprint density at radius 3 is 1.67 bits per heavy atom. The van der Waals surface area contributed by atoms with E-state index in [0.717, 1.165) is 76.6 Å². The average molecular weight is 620 g/mol. The summed E-state index contributed by atoms with van der Waals surface area (Å²) >= 11 is 0. The second kappa shape index (κ2) is 11.1. The Kier molecular flexibility index (Phi) is 6.83. The minimum Gasteiger partial charge on any atom is -0.268 e. The highest BCUT2D eigenvalue weighted by Crippen LogP contribution is 2.46. The Morgan fingerprint density at radius 2 is 1.04 bits per heavy atom. The highest BCUT2D eigenvalue weighted by Gasteiger charge is 2.38. The van der Waals surface area contributed by atoms with Gasteiger partial charge in [-0.15, -0.1) is 5.92 Å². The fourth-order valence-corrected chi connectivity index (χ4v) is 7.53. The number of hydrogen-bond acceptors (Lipinski definition) is 2. The molecule has 0 saturated heterocycles. The van der Waals surface area contributed by atoms with Gasteiger partial charge in [-0.1, -0.05) is 106 Å². The lowest BCUT2D eigenvalue weighted by Gasteiger charge is -2.32. The molecule has 0 aliphatic carbocycles. The number of carbonyl (C=O) groups excluding carboxylic acids is 2. The molecular formula is C45H33NO2. The Hall–Kier alpha value is -5.90. The molecule has 48 heavy (non-hydrogen) atoms. The predicted octanol–water partition coefficient (Wildman–Crippen LogP) is 10.6. The van der Waals surface area contributed by atoms with Crippen LogP contribution in [0, 0.1) is 23.7 Å². The van der Waals surface area contributed by atoms with Crippen molar-refractivity contribution in [3.8, 4) is 23.7 Å². The lowest BCUT2D eigenvalue weighted by Crippen LogP contribution is -2.41. The van der Waals surface area contributed by atoms with Gasteiger partial charge in [-0.3, -0.25) is 9.59 Å². The normalized spacial score (nSPS) is 12.8. The molecule has 0 spiro atoms. The predicted molar refractivity (Wildman–Crippen MR) is 198 cm³/mol. The summed E-state index contributed by atoms with van der Waals surface area (Å²) in [4.78, 5) is 30.4. The number of hydrogen-bond donors (Lipinski definition) is 0. The van der Waals surface area contributed by atoms with Gasteiger partial charge in [0.2, 0.25) is 0 Å². The SMILES string of the molecule is CC#Cc1cccc(C#Cc2ccc3c4ccc5c6c(ccc(c7cccc2c73)c64)C(=O)N(c2c(C(C)C)cccc2C(C)C)C5=O)c1. The number of rotatable bonds is 3. The van der Waals surface area contributed by atoms with Crippen molar-refractivity contribution < 1.29 is 9.59 Å². The van der Waals surface area contributed by atoms with Crippen LogP contribution in [0.5, 0.6) is 0 Å². The third kappa shape index (κ3) is 4.32. The zero-order valence-corrected chi connectivity index (χ0v) is 27.7. The number of nitrogens with zero attached hydrogens (tertiary/aromatic N) is 1. The summed E-state index contributed by atoms with van der Waals surface area (Å²) in [7, 11) is 0. The fourth-order valence-electron chi connectivity index (χ4n) is 7.53. The van der Waals surface area contributed by atoms with Crippen molar-refractivity contribution >= 4 is 60.6 Å². The standard InChI is InChI=1S/C45H33NO2/c1-6-10-28-11-7-12-29(25-28)17-18-30-19-20-35-37-22-24-39-42-38(23-21-36(41(37)42)34-16-9-15-33(30)40(34)35)44(47)46(45(39)48)43-31(26(2)3)13-8-14-32(43)27(4)5/h7-9,11-16,19-27H,1-5H3. The molecule has 1 aliphatic rings. The number of fused-ring (bicyclic) bond motifs is 2. The topological polar surface area (TPSA) is 37.4 Å². The first kappa shape index (κ1) is 29.5. The van der Waals surface area contributed by atoms with Gasteiger partial charge in [0.1, 0.15) is 0 Å². The average Bonchev–Trinajstić information content (AvgIpc) is 3.09. The van der Waals surface area contributed by atoms with Gasteiger partial charge in [0, 0.05) is 33.2 Å². The Morgan fingerprint density at radius 1 is 0.521 bits per heavy atom. The van der Waals surface area contributed by atoms with Crippen molar-refractivity contribution in [2.24, 2.45) is 0 Å². The first-order valence-electron chi connectivity index (χ1n) is 16.5. The van der Waals surface area contributed by atoms with Crippen molar-refractivity contribution in [1.82, 2.24) is 0 Å². The van der Waals surface area contributed by atoms with Gasteiger partial charge >= 0.3 is 0 Å². The van der Waals surface area contributed by atoms with Crippen LogP contribution in [0.3, 0.4) is 0 Å². The maximum Gasteiger partial charge on any atom is 0.266 e. The molecule has 7 aromatic rings. The van der Waals surface area contributed by atoms with Crippen LogP contribution < -0.4 is 4.90 Å². The maximum absolute atomic E-state index is 14.5. The van der Waals surface area contributed by atoms with Crippen LogP contribution in [0.15, 0.2) is 97.1 Å². The molecule has 0 N–H and O–H groups in total. The molecule has 1 heterocycles. The first-order chi connectivity index (χ1) is 23.3. The molecular weight excluding hydrogens is 587 g/mol. The van der Waals surface area contributed by atoms with E-state index < -0.39 is 0 Å². The molecule has 0 radical (unpaired) electrons. The number of imide groups is 1. The van der Waals surface area contributed by atoms with E-state index in [0.29, 0.717) is 11.1 Å². The van der Waals surface area contributed by atoms with E-state index in [1.807, 2.05) is 61.5 Å². The molecule has 230 valence electrons. The van der Waals surface area contributed by atoms with Crippen LogP contribution in [0.1, 0.15) is 95.0 Å². The fraction of sp³-hybridized carbons (Fsp3) is 0.156. The van der Waals surface area contributed by atoms with Gasteiger partial charge in [0.15, 0.2) is 0 Å². The van der Waals surface area contributed by atoms with Crippen molar-refractivity contribution in [2.75, 3.05) is 4.90 Å². The second-order valence-corrected chi connectivity index (χ2v) is 13.2. The highest BCUT2D eigenvalue weighted by atomic mass is 16.2. The monoisotopic (exact) mass is 619 g/mol. The van der Waals surface area contributed by atoms with Gasteiger partial charge in [0.25, 0.3) is 11.8 Å². The minimum atomic E-state index is -0.269. The zero-order chi connectivity index (χ0) is 33.3. The molecule has 3 nitrogen and oxygen atoms in total. The molecule has 0 fully saturated rings. The van der Waals surface area contributed by atoms with E-state index in [1.54, 1.807) is 0 Å². The molecule has 1 aliphatic heterocycles. The van der Waals surface area contributed by atoms with E-state index in [-0.39, 0.29) is 23.7 Å². The number of benzene rings is 7. The number of amides is 2. The summed E-state index contributed by atoms with van der Waals surface area (Å²) in [5.74, 6) is 12.6. The molecule has 7 aromatic carbocycles. The second-order valence-electron chi connectivity index (χ2n) is 13.2.